The Morgan fingerprint density at radius 1 is 1.29 bits per heavy atom. The molecule has 7 heteroatoms. The van der Waals surface area contributed by atoms with E-state index in [2.05, 4.69) is 10.0 Å². The van der Waals surface area contributed by atoms with Gasteiger partial charge in [-0.15, -0.1) is 0 Å². The minimum absolute atomic E-state index is 0.238. The van der Waals surface area contributed by atoms with Crippen molar-refractivity contribution in [2.45, 2.75) is 17.9 Å². The molecule has 0 radical (unpaired) electrons. The molecule has 2 N–H and O–H groups in total. The second-order valence-electron chi connectivity index (χ2n) is 4.56. The van der Waals surface area contributed by atoms with E-state index in [0.717, 1.165) is 11.1 Å². The Morgan fingerprint density at radius 2 is 2.10 bits per heavy atom. The Hall–Kier alpha value is -0.920. The summed E-state index contributed by atoms with van der Waals surface area (Å²) in [5.74, 6) is 0. The van der Waals surface area contributed by atoms with Crippen LogP contribution in [0.25, 0.3) is 0 Å². The molecule has 0 atom stereocenters. The lowest BCUT2D eigenvalue weighted by molar-refractivity contribution is 0.581. The molecule has 0 aliphatic carbocycles. The number of nitrogens with one attached hydrogen (secondary N) is 2. The van der Waals surface area contributed by atoms with Gasteiger partial charge in [-0.2, -0.15) is 11.3 Å². The van der Waals surface area contributed by atoms with Gasteiger partial charge < -0.3 is 5.32 Å². The lowest BCUT2D eigenvalue weighted by atomic mass is 10.2. The smallest absolute Gasteiger partial charge is 0.240 e. The minimum Gasteiger partial charge on any atom is -0.316 e. The van der Waals surface area contributed by atoms with Gasteiger partial charge in [0.15, 0.2) is 0 Å². The van der Waals surface area contributed by atoms with E-state index in [1.807, 2.05) is 16.8 Å². The van der Waals surface area contributed by atoms with Gasteiger partial charge in [0.2, 0.25) is 10.0 Å². The number of sulfonamides is 1. The van der Waals surface area contributed by atoms with Crippen molar-refractivity contribution in [1.82, 2.24) is 10.0 Å². The number of rotatable bonds is 7. The van der Waals surface area contributed by atoms with E-state index >= 15 is 0 Å². The predicted octanol–water partition coefficient (Wildman–Crippen LogP) is 2.64. The van der Waals surface area contributed by atoms with Crippen LogP contribution in [0, 0.1) is 0 Å². The average molecular weight is 345 g/mol. The molecule has 0 saturated heterocycles. The summed E-state index contributed by atoms with van der Waals surface area (Å²) in [5, 5.41) is 7.52. The number of thiophene rings is 1. The maximum atomic E-state index is 12.3. The topological polar surface area (TPSA) is 58.2 Å². The Kier molecular flexibility index (Phi) is 5.78. The van der Waals surface area contributed by atoms with Crippen LogP contribution >= 0.6 is 22.9 Å². The molecule has 0 bridgehead atoms. The molecule has 1 heterocycles. The maximum Gasteiger partial charge on any atom is 0.240 e. The fourth-order valence-electron chi connectivity index (χ4n) is 1.89. The van der Waals surface area contributed by atoms with Crippen LogP contribution in [0.4, 0.5) is 0 Å². The number of hydrogen-bond donors (Lipinski definition) is 2. The highest BCUT2D eigenvalue weighted by atomic mass is 35.5. The molecule has 0 fully saturated rings. The molecular formula is C14H17ClN2O2S2. The standard InChI is InChI=1S/C14H17ClN2O2S2/c1-16-9-12-8-13(2-3-14(12)15)21(18,19)17-6-4-11-5-7-20-10-11/h2-3,5,7-8,10,16-17H,4,6,9H2,1H3. The van der Waals surface area contributed by atoms with Gasteiger partial charge >= 0.3 is 0 Å². The van der Waals surface area contributed by atoms with Gasteiger partial charge in [-0.25, -0.2) is 13.1 Å². The molecule has 0 aliphatic heterocycles. The molecule has 1 aromatic carbocycles. The van der Waals surface area contributed by atoms with Gasteiger partial charge in [0.1, 0.15) is 0 Å². The van der Waals surface area contributed by atoms with Gasteiger partial charge in [-0.1, -0.05) is 11.6 Å². The number of benzene rings is 1. The van der Waals surface area contributed by atoms with Gasteiger partial charge in [0.05, 0.1) is 4.90 Å². The highest BCUT2D eigenvalue weighted by molar-refractivity contribution is 7.89. The zero-order valence-electron chi connectivity index (χ0n) is 11.6. The lowest BCUT2D eigenvalue weighted by Crippen LogP contribution is -2.26. The molecule has 2 rings (SSSR count). The summed E-state index contributed by atoms with van der Waals surface area (Å²) in [4.78, 5) is 0.238. The minimum atomic E-state index is -3.50. The molecule has 0 aliphatic rings. The maximum absolute atomic E-state index is 12.3. The van der Waals surface area contributed by atoms with Crippen molar-refractivity contribution in [3.05, 3.63) is 51.2 Å². The van der Waals surface area contributed by atoms with Crippen molar-refractivity contribution in [3.8, 4) is 0 Å². The first kappa shape index (κ1) is 16.5. The molecule has 1 aromatic heterocycles. The summed E-state index contributed by atoms with van der Waals surface area (Å²) in [7, 11) is -1.72. The normalized spacial score (nSPS) is 11.7. The summed E-state index contributed by atoms with van der Waals surface area (Å²) in [6, 6.07) is 6.73. The van der Waals surface area contributed by atoms with Crippen LogP contribution in [0.2, 0.25) is 5.02 Å². The molecule has 114 valence electrons. The van der Waals surface area contributed by atoms with Crippen molar-refractivity contribution in [1.29, 1.82) is 0 Å². The lowest BCUT2D eigenvalue weighted by Gasteiger charge is -2.09. The third kappa shape index (κ3) is 4.52. The molecule has 0 saturated carbocycles. The molecule has 21 heavy (non-hydrogen) atoms. The summed E-state index contributed by atoms with van der Waals surface area (Å²) >= 11 is 7.65. The van der Waals surface area contributed by atoms with E-state index in [1.54, 1.807) is 30.5 Å². The van der Waals surface area contributed by atoms with E-state index in [0.29, 0.717) is 24.5 Å². The molecule has 0 unspecified atom stereocenters. The summed E-state index contributed by atoms with van der Waals surface area (Å²) in [6.07, 6.45) is 0.680. The van der Waals surface area contributed by atoms with Crippen molar-refractivity contribution < 1.29 is 8.42 Å². The Labute approximate surface area is 134 Å². The number of halogens is 1. The van der Waals surface area contributed by atoms with Crippen LogP contribution in [0.3, 0.4) is 0 Å². The fraction of sp³-hybridized carbons (Fsp3) is 0.286. The fourth-order valence-corrected chi connectivity index (χ4v) is 3.86. The predicted molar refractivity (Wildman–Crippen MR) is 87.4 cm³/mol. The van der Waals surface area contributed by atoms with Gasteiger partial charge in [0, 0.05) is 18.1 Å². The van der Waals surface area contributed by atoms with Crippen LogP contribution in [0.15, 0.2) is 39.9 Å². The van der Waals surface area contributed by atoms with Gasteiger partial charge in [-0.3, -0.25) is 0 Å². The van der Waals surface area contributed by atoms with E-state index in [4.69, 9.17) is 11.6 Å². The first-order chi connectivity index (χ1) is 10.0. The highest BCUT2D eigenvalue weighted by Crippen LogP contribution is 2.20. The first-order valence-corrected chi connectivity index (χ1v) is 9.27. The van der Waals surface area contributed by atoms with Crippen LogP contribution < -0.4 is 10.0 Å². The third-order valence-corrected chi connectivity index (χ3v) is 5.54. The van der Waals surface area contributed by atoms with Crippen LogP contribution in [-0.2, 0) is 23.0 Å². The largest absolute Gasteiger partial charge is 0.316 e. The van der Waals surface area contributed by atoms with Crippen molar-refractivity contribution >= 4 is 33.0 Å². The molecular weight excluding hydrogens is 328 g/mol. The highest BCUT2D eigenvalue weighted by Gasteiger charge is 2.15. The van der Waals surface area contributed by atoms with Crippen molar-refractivity contribution in [2.24, 2.45) is 0 Å². The SMILES string of the molecule is CNCc1cc(S(=O)(=O)NCCc2ccsc2)ccc1Cl. The summed E-state index contributed by atoms with van der Waals surface area (Å²) in [6.45, 7) is 0.903. The molecule has 0 spiro atoms. The first-order valence-electron chi connectivity index (χ1n) is 6.46. The third-order valence-electron chi connectivity index (χ3n) is 2.98. The van der Waals surface area contributed by atoms with E-state index in [1.165, 1.54) is 6.07 Å². The summed E-state index contributed by atoms with van der Waals surface area (Å²) in [5.41, 5.74) is 1.90. The van der Waals surface area contributed by atoms with Crippen molar-refractivity contribution in [2.75, 3.05) is 13.6 Å². The number of hydrogen-bond acceptors (Lipinski definition) is 4. The van der Waals surface area contributed by atoms with Crippen LogP contribution in [0.5, 0.6) is 0 Å². The monoisotopic (exact) mass is 344 g/mol. The molecule has 0 amide bonds. The van der Waals surface area contributed by atoms with Crippen molar-refractivity contribution in [3.63, 3.8) is 0 Å². The van der Waals surface area contributed by atoms with E-state index in [9.17, 15) is 8.42 Å². The van der Waals surface area contributed by atoms with E-state index in [-0.39, 0.29) is 4.90 Å². The average Bonchev–Trinajstić information content (AvgIpc) is 2.94. The Morgan fingerprint density at radius 3 is 2.76 bits per heavy atom. The summed E-state index contributed by atoms with van der Waals surface area (Å²) < 4.78 is 27.1. The molecule has 2 aromatic rings. The van der Waals surface area contributed by atoms with Crippen LogP contribution in [0.1, 0.15) is 11.1 Å². The van der Waals surface area contributed by atoms with Crippen LogP contribution in [-0.4, -0.2) is 22.0 Å². The Bertz CT molecular complexity index is 685. The quantitative estimate of drug-likeness (QED) is 0.811. The van der Waals surface area contributed by atoms with Gasteiger partial charge in [-0.05, 0) is 59.6 Å². The second kappa shape index (κ2) is 7.38. The zero-order valence-corrected chi connectivity index (χ0v) is 14.0. The molecule has 4 nitrogen and oxygen atoms in total. The van der Waals surface area contributed by atoms with Gasteiger partial charge in [0.25, 0.3) is 0 Å². The van der Waals surface area contributed by atoms with E-state index < -0.39 is 10.0 Å². The zero-order chi connectivity index (χ0) is 15.3. The Balaban J connectivity index is 2.06. The second-order valence-corrected chi connectivity index (χ2v) is 7.52.